The second-order valence-corrected chi connectivity index (χ2v) is 13.0. The average Bonchev–Trinajstić information content (AvgIpc) is 3.10. The van der Waals surface area contributed by atoms with Crippen LogP contribution in [0.2, 0.25) is 0 Å². The van der Waals surface area contributed by atoms with Crippen LogP contribution in [0.3, 0.4) is 0 Å². The summed E-state index contributed by atoms with van der Waals surface area (Å²) in [5.41, 5.74) is -7.21. The minimum atomic E-state index is -2.34. The van der Waals surface area contributed by atoms with Gasteiger partial charge in [-0.25, -0.2) is 18.0 Å². The maximum absolute atomic E-state index is 17.4. The van der Waals surface area contributed by atoms with Crippen LogP contribution in [-0.4, -0.2) is 53.2 Å². The molecule has 9 atom stereocenters. The summed E-state index contributed by atoms with van der Waals surface area (Å²) in [6, 6.07) is 0. The zero-order chi connectivity index (χ0) is 28.4. The smallest absolute Gasteiger partial charge is 0.353 e. The number of esters is 2. The van der Waals surface area contributed by atoms with Crippen molar-refractivity contribution in [3.05, 3.63) is 23.8 Å². The van der Waals surface area contributed by atoms with E-state index in [-0.39, 0.29) is 37.2 Å². The molecular formula is C30H39F3O6. The molecule has 0 aliphatic heterocycles. The molecule has 5 aliphatic rings. The molecule has 1 N–H and O–H groups in total. The van der Waals surface area contributed by atoms with E-state index < -0.39 is 76.7 Å². The van der Waals surface area contributed by atoms with Crippen molar-refractivity contribution in [1.82, 2.24) is 0 Å². The predicted molar refractivity (Wildman–Crippen MR) is 135 cm³/mol. The molecule has 5 aliphatic carbocycles. The number of aliphatic hydroxyl groups excluding tert-OH is 1. The van der Waals surface area contributed by atoms with E-state index in [1.165, 1.54) is 19.1 Å². The SMILES string of the molecule is C[C@@H]1C[C@H]2[C@@H]3C[C@H](F)C4=CC(=O)C=C[C@]4(C)C3(F)[C@@H](O)C[C@]2(C)[C@@]1(OC(=O)CC1CCCCC1)C(=O)OCF. The van der Waals surface area contributed by atoms with Crippen molar-refractivity contribution in [1.29, 1.82) is 0 Å². The fraction of sp³-hybridized carbons (Fsp3) is 0.767. The van der Waals surface area contributed by atoms with Gasteiger partial charge in [0, 0.05) is 29.1 Å². The number of alkyl halides is 3. The summed E-state index contributed by atoms with van der Waals surface area (Å²) >= 11 is 0. The summed E-state index contributed by atoms with van der Waals surface area (Å²) in [6.45, 7) is 3.41. The second-order valence-electron chi connectivity index (χ2n) is 13.0. The first-order valence-corrected chi connectivity index (χ1v) is 14.3. The molecule has 0 heterocycles. The molecule has 216 valence electrons. The van der Waals surface area contributed by atoms with Gasteiger partial charge in [0.2, 0.25) is 12.5 Å². The van der Waals surface area contributed by atoms with Crippen molar-refractivity contribution in [2.45, 2.75) is 102 Å². The van der Waals surface area contributed by atoms with Gasteiger partial charge in [0.25, 0.3) is 0 Å². The Morgan fingerprint density at radius 3 is 2.49 bits per heavy atom. The van der Waals surface area contributed by atoms with Gasteiger partial charge in [0.1, 0.15) is 6.17 Å². The van der Waals surface area contributed by atoms with Crippen LogP contribution >= 0.6 is 0 Å². The van der Waals surface area contributed by atoms with E-state index in [0.29, 0.717) is 0 Å². The van der Waals surface area contributed by atoms with Gasteiger partial charge in [0.05, 0.1) is 6.10 Å². The van der Waals surface area contributed by atoms with Crippen LogP contribution in [0.1, 0.15) is 78.6 Å². The minimum Gasteiger partial charge on any atom is -0.446 e. The maximum atomic E-state index is 17.4. The quantitative estimate of drug-likeness (QED) is 0.467. The highest BCUT2D eigenvalue weighted by Gasteiger charge is 2.78. The van der Waals surface area contributed by atoms with Crippen LogP contribution in [0.15, 0.2) is 23.8 Å². The zero-order valence-electron chi connectivity index (χ0n) is 22.9. The molecular weight excluding hydrogens is 513 g/mol. The normalized spacial score (nSPS) is 45.6. The van der Waals surface area contributed by atoms with Crippen LogP contribution in [0.4, 0.5) is 13.2 Å². The Morgan fingerprint density at radius 2 is 1.82 bits per heavy atom. The Kier molecular flexibility index (Phi) is 7.08. The molecule has 4 fully saturated rings. The van der Waals surface area contributed by atoms with E-state index in [1.807, 2.05) is 0 Å². The highest BCUT2D eigenvalue weighted by atomic mass is 19.1. The van der Waals surface area contributed by atoms with Gasteiger partial charge < -0.3 is 14.6 Å². The summed E-state index contributed by atoms with van der Waals surface area (Å²) in [5, 5.41) is 11.5. The summed E-state index contributed by atoms with van der Waals surface area (Å²) in [7, 11) is 0. The van der Waals surface area contributed by atoms with Gasteiger partial charge in [-0.05, 0) is 68.6 Å². The lowest BCUT2D eigenvalue weighted by atomic mass is 9.44. The van der Waals surface area contributed by atoms with E-state index in [4.69, 9.17) is 9.47 Å². The molecule has 0 aromatic rings. The number of rotatable bonds is 5. The highest BCUT2D eigenvalue weighted by Crippen LogP contribution is 2.71. The largest absolute Gasteiger partial charge is 0.446 e. The van der Waals surface area contributed by atoms with Crippen molar-refractivity contribution in [3.63, 3.8) is 0 Å². The summed E-state index contributed by atoms with van der Waals surface area (Å²) in [6.07, 6.45) is 4.95. The minimum absolute atomic E-state index is 0.00413. The van der Waals surface area contributed by atoms with Crippen LogP contribution < -0.4 is 0 Å². The van der Waals surface area contributed by atoms with Crippen molar-refractivity contribution in [3.8, 4) is 0 Å². The molecule has 0 saturated heterocycles. The van der Waals surface area contributed by atoms with Gasteiger partial charge in [-0.15, -0.1) is 0 Å². The lowest BCUT2D eigenvalue weighted by Crippen LogP contribution is -2.71. The highest BCUT2D eigenvalue weighted by molar-refractivity contribution is 6.01. The Hall–Kier alpha value is -2.16. The standard InChI is InChI=1S/C30H39F3O6/c1-17-11-20-21-14-23(32)22-13-19(34)9-10-27(22,2)29(21,33)24(35)15-28(20,3)30(17,26(37)38-16-31)39-25(36)12-18-7-5-4-6-8-18/h9-10,13,17-18,20-21,23-24,35H,4-8,11-12,14-16H2,1-3H3/t17-,20+,21+,23+,24+,27+,28+,29?,30+/m1/s1. The molecule has 0 spiro atoms. The third-order valence-electron chi connectivity index (χ3n) is 11.1. The van der Waals surface area contributed by atoms with Crippen LogP contribution in [0.5, 0.6) is 0 Å². The monoisotopic (exact) mass is 552 g/mol. The van der Waals surface area contributed by atoms with Crippen molar-refractivity contribution < 1.29 is 42.1 Å². The van der Waals surface area contributed by atoms with Gasteiger partial charge in [-0.1, -0.05) is 39.2 Å². The molecule has 0 aromatic heterocycles. The predicted octanol–water partition coefficient (Wildman–Crippen LogP) is 5.27. The zero-order valence-corrected chi connectivity index (χ0v) is 22.9. The van der Waals surface area contributed by atoms with Gasteiger partial charge in [0.15, 0.2) is 11.5 Å². The Morgan fingerprint density at radius 1 is 1.13 bits per heavy atom. The van der Waals surface area contributed by atoms with E-state index >= 15 is 8.78 Å². The molecule has 5 rings (SSSR count). The number of aliphatic hydroxyl groups is 1. The third kappa shape index (κ3) is 3.88. The fourth-order valence-electron chi connectivity index (χ4n) is 9.22. The first-order chi connectivity index (χ1) is 18.3. The van der Waals surface area contributed by atoms with E-state index in [0.717, 1.165) is 38.2 Å². The first-order valence-electron chi connectivity index (χ1n) is 14.3. The number of ketones is 1. The molecule has 4 saturated carbocycles. The number of fused-ring (bicyclic) bond motifs is 5. The van der Waals surface area contributed by atoms with Crippen molar-refractivity contribution in [2.24, 2.45) is 34.5 Å². The number of carbonyl (C=O) groups is 3. The Labute approximate surface area is 227 Å². The third-order valence-corrected chi connectivity index (χ3v) is 11.1. The summed E-state index contributed by atoms with van der Waals surface area (Å²) in [4.78, 5) is 38.9. The summed E-state index contributed by atoms with van der Waals surface area (Å²) < 4.78 is 57.4. The van der Waals surface area contributed by atoms with E-state index in [1.54, 1.807) is 13.8 Å². The first kappa shape index (κ1) is 28.4. The lowest BCUT2D eigenvalue weighted by Gasteiger charge is -2.63. The van der Waals surface area contributed by atoms with E-state index in [2.05, 4.69) is 0 Å². The number of allylic oxidation sites excluding steroid dienone is 4. The molecule has 0 amide bonds. The van der Waals surface area contributed by atoms with E-state index in [9.17, 15) is 23.9 Å². The van der Waals surface area contributed by atoms with Crippen LogP contribution in [0.25, 0.3) is 0 Å². The maximum Gasteiger partial charge on any atom is 0.353 e. The lowest BCUT2D eigenvalue weighted by molar-refractivity contribution is -0.240. The molecule has 0 aromatic carbocycles. The van der Waals surface area contributed by atoms with Gasteiger partial charge >= 0.3 is 11.9 Å². The molecule has 0 radical (unpaired) electrons. The van der Waals surface area contributed by atoms with Crippen molar-refractivity contribution in [2.75, 3.05) is 6.86 Å². The molecule has 39 heavy (non-hydrogen) atoms. The number of carbonyl (C=O) groups excluding carboxylic acids is 3. The molecule has 0 bridgehead atoms. The van der Waals surface area contributed by atoms with Crippen LogP contribution in [0, 0.1) is 34.5 Å². The number of hydrogen-bond acceptors (Lipinski definition) is 6. The second kappa shape index (κ2) is 9.74. The molecule has 1 unspecified atom stereocenters. The number of ether oxygens (including phenoxy) is 2. The Balaban J connectivity index is 1.55. The summed E-state index contributed by atoms with van der Waals surface area (Å²) in [5.74, 6) is -4.40. The van der Waals surface area contributed by atoms with Crippen molar-refractivity contribution >= 4 is 17.7 Å². The average molecular weight is 553 g/mol. The Bertz CT molecular complexity index is 1100. The topological polar surface area (TPSA) is 89.9 Å². The van der Waals surface area contributed by atoms with Gasteiger partial charge in [-0.2, -0.15) is 0 Å². The molecule has 9 heteroatoms. The molecule has 6 nitrogen and oxygen atoms in total. The number of hydrogen-bond donors (Lipinski definition) is 1. The fourth-order valence-corrected chi connectivity index (χ4v) is 9.22. The van der Waals surface area contributed by atoms with Crippen LogP contribution in [-0.2, 0) is 23.9 Å². The van der Waals surface area contributed by atoms with Gasteiger partial charge in [-0.3, -0.25) is 9.59 Å². The number of halogens is 3.